The molecule has 9 heteroatoms. The standard InChI is InChI=1S/C22H20ClNO6S/c1-3-24-20(25)18(31-22(24)28)11-14-9-16(23)19(17(10-14)29-4-2)30-12-13-6-5-7-15(8-13)21(26)27/h5-11H,3-4,12H2,1-2H3,(H,26,27). The highest BCUT2D eigenvalue weighted by atomic mass is 35.5. The maximum absolute atomic E-state index is 12.3. The average Bonchev–Trinajstić information content (AvgIpc) is 3.00. The van der Waals surface area contributed by atoms with Gasteiger partial charge in [0.2, 0.25) is 0 Å². The summed E-state index contributed by atoms with van der Waals surface area (Å²) in [7, 11) is 0. The van der Waals surface area contributed by atoms with Crippen molar-refractivity contribution in [2.45, 2.75) is 20.5 Å². The number of aromatic carboxylic acids is 1. The van der Waals surface area contributed by atoms with E-state index in [1.807, 2.05) is 6.92 Å². The summed E-state index contributed by atoms with van der Waals surface area (Å²) in [5, 5.41) is 9.09. The molecule has 0 radical (unpaired) electrons. The number of likely N-dealkylation sites (N-methyl/N-ethyl adjacent to an activating group) is 1. The minimum atomic E-state index is -1.02. The first-order valence-corrected chi connectivity index (χ1v) is 10.7. The van der Waals surface area contributed by atoms with Crippen LogP contribution in [0.15, 0.2) is 41.3 Å². The van der Waals surface area contributed by atoms with Gasteiger partial charge in [0.15, 0.2) is 11.5 Å². The van der Waals surface area contributed by atoms with Gasteiger partial charge in [-0.1, -0.05) is 23.7 Å². The first kappa shape index (κ1) is 22.7. The van der Waals surface area contributed by atoms with Crippen molar-refractivity contribution in [3.05, 3.63) is 63.0 Å². The minimum absolute atomic E-state index is 0.0929. The van der Waals surface area contributed by atoms with E-state index in [4.69, 9.17) is 26.2 Å². The van der Waals surface area contributed by atoms with Gasteiger partial charge < -0.3 is 14.6 Å². The Kier molecular flexibility index (Phi) is 7.25. The number of carboxylic acids is 1. The summed E-state index contributed by atoms with van der Waals surface area (Å²) in [6, 6.07) is 9.71. The SMILES string of the molecule is CCOc1cc(C=C2SC(=O)N(CC)C2=O)cc(Cl)c1OCc1cccc(C(=O)O)c1. The number of imide groups is 1. The molecule has 0 saturated carbocycles. The Bertz CT molecular complexity index is 1070. The topological polar surface area (TPSA) is 93.1 Å². The van der Waals surface area contributed by atoms with Crippen LogP contribution in [-0.4, -0.2) is 40.3 Å². The van der Waals surface area contributed by atoms with Crippen molar-refractivity contribution in [3.63, 3.8) is 0 Å². The van der Waals surface area contributed by atoms with Crippen LogP contribution in [0.4, 0.5) is 4.79 Å². The number of carbonyl (C=O) groups is 3. The lowest BCUT2D eigenvalue weighted by Gasteiger charge is -2.15. The molecule has 2 aromatic rings. The second kappa shape index (κ2) is 9.89. The smallest absolute Gasteiger partial charge is 0.335 e. The van der Waals surface area contributed by atoms with Gasteiger partial charge >= 0.3 is 5.97 Å². The van der Waals surface area contributed by atoms with E-state index in [2.05, 4.69) is 0 Å². The van der Waals surface area contributed by atoms with Crippen LogP contribution in [0.25, 0.3) is 6.08 Å². The van der Waals surface area contributed by atoms with Crippen molar-refractivity contribution in [3.8, 4) is 11.5 Å². The Morgan fingerprint density at radius 2 is 1.97 bits per heavy atom. The second-order valence-electron chi connectivity index (χ2n) is 6.48. The Morgan fingerprint density at radius 1 is 1.19 bits per heavy atom. The van der Waals surface area contributed by atoms with Crippen molar-refractivity contribution >= 4 is 46.6 Å². The van der Waals surface area contributed by atoms with Gasteiger partial charge in [-0.25, -0.2) is 4.79 Å². The normalized spacial score (nSPS) is 14.9. The van der Waals surface area contributed by atoms with Gasteiger partial charge in [0.05, 0.1) is 22.1 Å². The molecular formula is C22H20ClNO6S. The van der Waals surface area contributed by atoms with Crippen molar-refractivity contribution in [1.29, 1.82) is 0 Å². The number of nitrogens with zero attached hydrogens (tertiary/aromatic N) is 1. The van der Waals surface area contributed by atoms with Gasteiger partial charge in [0.25, 0.3) is 11.1 Å². The van der Waals surface area contributed by atoms with E-state index in [1.165, 1.54) is 17.0 Å². The molecule has 0 atom stereocenters. The van der Waals surface area contributed by atoms with Crippen molar-refractivity contribution < 1.29 is 29.0 Å². The zero-order valence-electron chi connectivity index (χ0n) is 16.9. The van der Waals surface area contributed by atoms with Crippen LogP contribution < -0.4 is 9.47 Å². The van der Waals surface area contributed by atoms with Gasteiger partial charge in [0.1, 0.15) is 6.61 Å². The third-order valence-corrected chi connectivity index (χ3v) is 5.56. The van der Waals surface area contributed by atoms with E-state index in [0.717, 1.165) is 11.8 Å². The molecule has 0 aliphatic carbocycles. The van der Waals surface area contributed by atoms with Crippen LogP contribution >= 0.6 is 23.4 Å². The number of rotatable bonds is 8. The van der Waals surface area contributed by atoms with Crippen molar-refractivity contribution in [2.75, 3.05) is 13.2 Å². The summed E-state index contributed by atoms with van der Waals surface area (Å²) >= 11 is 7.30. The molecular weight excluding hydrogens is 442 g/mol. The quantitative estimate of drug-likeness (QED) is 0.548. The van der Waals surface area contributed by atoms with Crippen LogP contribution in [-0.2, 0) is 11.4 Å². The van der Waals surface area contributed by atoms with Crippen molar-refractivity contribution in [1.82, 2.24) is 4.90 Å². The third-order valence-electron chi connectivity index (χ3n) is 4.38. The maximum Gasteiger partial charge on any atom is 0.335 e. The summed E-state index contributed by atoms with van der Waals surface area (Å²) in [5.74, 6) is -0.676. The van der Waals surface area contributed by atoms with Crippen molar-refractivity contribution in [2.24, 2.45) is 0 Å². The minimum Gasteiger partial charge on any atom is -0.490 e. The number of carboxylic acid groups (broad SMARTS) is 1. The Hall–Kier alpha value is -2.97. The molecule has 1 fully saturated rings. The van der Waals surface area contributed by atoms with Crippen LogP contribution in [0, 0.1) is 0 Å². The lowest BCUT2D eigenvalue weighted by atomic mass is 10.1. The molecule has 3 rings (SSSR count). The fourth-order valence-electron chi connectivity index (χ4n) is 2.95. The van der Waals surface area contributed by atoms with Crippen LogP contribution in [0.2, 0.25) is 5.02 Å². The zero-order valence-corrected chi connectivity index (χ0v) is 18.5. The fourth-order valence-corrected chi connectivity index (χ4v) is 4.12. The van der Waals surface area contributed by atoms with Crippen LogP contribution in [0.5, 0.6) is 11.5 Å². The van der Waals surface area contributed by atoms with Gasteiger partial charge in [-0.2, -0.15) is 0 Å². The first-order valence-electron chi connectivity index (χ1n) is 9.50. The number of hydrogen-bond donors (Lipinski definition) is 1. The van der Waals surface area contributed by atoms with Gasteiger partial charge in [-0.3, -0.25) is 14.5 Å². The van der Waals surface area contributed by atoms with Crippen LogP contribution in [0.3, 0.4) is 0 Å². The molecule has 31 heavy (non-hydrogen) atoms. The van der Waals surface area contributed by atoms with E-state index in [0.29, 0.717) is 40.7 Å². The molecule has 1 aliphatic heterocycles. The molecule has 1 aliphatic rings. The summed E-state index contributed by atoms with van der Waals surface area (Å²) in [6.07, 6.45) is 1.59. The molecule has 0 bridgehead atoms. The molecule has 1 saturated heterocycles. The van der Waals surface area contributed by atoms with Gasteiger partial charge in [-0.15, -0.1) is 0 Å². The number of hydrogen-bond acceptors (Lipinski definition) is 6. The molecule has 2 amide bonds. The Balaban J connectivity index is 1.86. The van der Waals surface area contributed by atoms with Gasteiger partial charge in [-0.05, 0) is 67.1 Å². The number of carbonyl (C=O) groups excluding carboxylic acids is 2. The van der Waals surface area contributed by atoms with E-state index >= 15 is 0 Å². The highest BCUT2D eigenvalue weighted by Crippen LogP contribution is 2.39. The summed E-state index contributed by atoms with van der Waals surface area (Å²) in [5.41, 5.74) is 1.42. The highest BCUT2D eigenvalue weighted by Gasteiger charge is 2.33. The largest absolute Gasteiger partial charge is 0.490 e. The lowest BCUT2D eigenvalue weighted by molar-refractivity contribution is -0.122. The highest BCUT2D eigenvalue weighted by molar-refractivity contribution is 8.18. The van der Waals surface area contributed by atoms with E-state index in [1.54, 1.807) is 37.3 Å². The van der Waals surface area contributed by atoms with E-state index in [9.17, 15) is 14.4 Å². The monoisotopic (exact) mass is 461 g/mol. The zero-order chi connectivity index (χ0) is 22.5. The maximum atomic E-state index is 12.3. The number of ether oxygens (including phenoxy) is 2. The number of thioether (sulfide) groups is 1. The average molecular weight is 462 g/mol. The summed E-state index contributed by atoms with van der Waals surface area (Å²) < 4.78 is 11.5. The predicted octanol–water partition coefficient (Wildman–Crippen LogP) is 5.07. The molecule has 7 nitrogen and oxygen atoms in total. The lowest BCUT2D eigenvalue weighted by Crippen LogP contribution is -2.27. The molecule has 0 spiro atoms. The van der Waals surface area contributed by atoms with E-state index in [-0.39, 0.29) is 28.3 Å². The number of benzene rings is 2. The number of halogens is 1. The Labute approximate surface area is 188 Å². The fraction of sp³-hybridized carbons (Fsp3) is 0.227. The first-order chi connectivity index (χ1) is 14.8. The summed E-state index contributed by atoms with van der Waals surface area (Å²) in [6.45, 7) is 4.31. The molecule has 162 valence electrons. The third kappa shape index (κ3) is 5.21. The van der Waals surface area contributed by atoms with Gasteiger partial charge in [0, 0.05) is 6.54 Å². The van der Waals surface area contributed by atoms with Crippen LogP contribution in [0.1, 0.15) is 35.3 Å². The molecule has 1 N–H and O–H groups in total. The Morgan fingerprint density at radius 3 is 2.61 bits per heavy atom. The molecule has 0 unspecified atom stereocenters. The van der Waals surface area contributed by atoms with E-state index < -0.39 is 5.97 Å². The molecule has 1 heterocycles. The molecule has 2 aromatic carbocycles. The molecule has 0 aromatic heterocycles. The second-order valence-corrected chi connectivity index (χ2v) is 7.88. The number of amides is 2. The predicted molar refractivity (Wildman–Crippen MR) is 119 cm³/mol. The summed E-state index contributed by atoms with van der Waals surface area (Å²) in [4.78, 5) is 36.9.